The SMILES string of the molecule is CC(=O)CCCC(C)N1C(=O)N=C2N=C(C)N=C2C1=O. The van der Waals surface area contributed by atoms with Crippen LogP contribution in [0.4, 0.5) is 4.79 Å². The third kappa shape index (κ3) is 2.71. The quantitative estimate of drug-likeness (QED) is 0.759. The molecule has 2 rings (SSSR count). The lowest BCUT2D eigenvalue weighted by Gasteiger charge is -2.27. The minimum atomic E-state index is -0.613. The maximum atomic E-state index is 12.3. The van der Waals surface area contributed by atoms with Crippen LogP contribution < -0.4 is 0 Å². The zero-order valence-electron chi connectivity index (χ0n) is 11.7. The highest BCUT2D eigenvalue weighted by Crippen LogP contribution is 2.17. The predicted octanol–water partition coefficient (Wildman–Crippen LogP) is 1.37. The Balaban J connectivity index is 2.10. The molecule has 0 aromatic carbocycles. The highest BCUT2D eigenvalue weighted by molar-refractivity contribution is 6.72. The van der Waals surface area contributed by atoms with Crippen LogP contribution in [0.3, 0.4) is 0 Å². The first kappa shape index (κ1) is 14.2. The van der Waals surface area contributed by atoms with Gasteiger partial charge in [0, 0.05) is 12.5 Å². The van der Waals surface area contributed by atoms with Gasteiger partial charge in [-0.25, -0.2) is 14.8 Å². The molecule has 7 nitrogen and oxygen atoms in total. The number of fused-ring (bicyclic) bond motifs is 1. The summed E-state index contributed by atoms with van der Waals surface area (Å²) in [7, 11) is 0. The van der Waals surface area contributed by atoms with E-state index in [0.717, 1.165) is 4.90 Å². The lowest BCUT2D eigenvalue weighted by molar-refractivity contribution is -0.122. The van der Waals surface area contributed by atoms with Crippen molar-refractivity contribution in [3.8, 4) is 0 Å². The fourth-order valence-corrected chi connectivity index (χ4v) is 2.17. The van der Waals surface area contributed by atoms with Crippen LogP contribution in [0.15, 0.2) is 15.0 Å². The number of hydrogen-bond acceptors (Lipinski definition) is 5. The van der Waals surface area contributed by atoms with E-state index in [0.29, 0.717) is 25.1 Å². The van der Waals surface area contributed by atoms with Gasteiger partial charge in [0.2, 0.25) is 0 Å². The summed E-state index contributed by atoms with van der Waals surface area (Å²) in [4.78, 5) is 47.9. The van der Waals surface area contributed by atoms with E-state index in [1.807, 2.05) is 0 Å². The number of ketones is 1. The van der Waals surface area contributed by atoms with Crippen LogP contribution in [-0.2, 0) is 9.59 Å². The first-order valence-corrected chi connectivity index (χ1v) is 6.50. The second-order valence-electron chi connectivity index (χ2n) is 4.96. The molecule has 1 unspecified atom stereocenters. The monoisotopic (exact) mass is 276 g/mol. The Hall–Kier alpha value is -2.18. The molecular weight excluding hydrogens is 260 g/mol. The Labute approximate surface area is 116 Å². The van der Waals surface area contributed by atoms with Crippen LogP contribution >= 0.6 is 0 Å². The molecule has 0 N–H and O–H groups in total. The molecule has 0 bridgehead atoms. The molecular formula is C13H16N4O3. The van der Waals surface area contributed by atoms with Crippen LogP contribution in [0.2, 0.25) is 0 Å². The zero-order valence-corrected chi connectivity index (χ0v) is 11.7. The molecule has 2 heterocycles. The third-order valence-corrected chi connectivity index (χ3v) is 3.17. The maximum absolute atomic E-state index is 12.3. The van der Waals surface area contributed by atoms with E-state index in [2.05, 4.69) is 15.0 Å². The van der Waals surface area contributed by atoms with Crippen molar-refractivity contribution in [3.63, 3.8) is 0 Å². The standard InChI is InChI=1S/C13H16N4O3/c1-7(5-4-6-8(2)18)17-12(19)10-11(16-13(17)20)15-9(3)14-10/h7H,4-6H2,1-3H3. The van der Waals surface area contributed by atoms with E-state index in [-0.39, 0.29) is 23.4 Å². The van der Waals surface area contributed by atoms with Gasteiger partial charge in [0.25, 0.3) is 5.91 Å². The molecule has 3 amide bonds. The lowest BCUT2D eigenvalue weighted by atomic mass is 10.1. The maximum Gasteiger partial charge on any atom is 0.352 e. The Kier molecular flexibility index (Phi) is 3.87. The molecule has 106 valence electrons. The van der Waals surface area contributed by atoms with Gasteiger partial charge in [0.15, 0.2) is 11.5 Å². The molecule has 0 spiro atoms. The fourth-order valence-electron chi connectivity index (χ4n) is 2.17. The van der Waals surface area contributed by atoms with E-state index in [1.54, 1.807) is 13.8 Å². The van der Waals surface area contributed by atoms with Crippen LogP contribution in [0.25, 0.3) is 0 Å². The van der Waals surface area contributed by atoms with Gasteiger partial charge >= 0.3 is 6.03 Å². The lowest BCUT2D eigenvalue weighted by Crippen LogP contribution is -2.50. The molecule has 0 aromatic rings. The average molecular weight is 276 g/mol. The van der Waals surface area contributed by atoms with Crippen molar-refractivity contribution in [2.75, 3.05) is 0 Å². The van der Waals surface area contributed by atoms with Crippen molar-refractivity contribution in [2.24, 2.45) is 15.0 Å². The highest BCUT2D eigenvalue weighted by Gasteiger charge is 2.38. The number of urea groups is 1. The fraction of sp³-hybridized carbons (Fsp3) is 0.538. The van der Waals surface area contributed by atoms with Crippen molar-refractivity contribution in [2.45, 2.75) is 46.1 Å². The van der Waals surface area contributed by atoms with Gasteiger partial charge in [-0.1, -0.05) is 0 Å². The molecule has 0 saturated heterocycles. The van der Waals surface area contributed by atoms with E-state index in [9.17, 15) is 14.4 Å². The summed E-state index contributed by atoms with van der Waals surface area (Å²) >= 11 is 0. The Bertz CT molecular complexity index is 574. The van der Waals surface area contributed by atoms with Gasteiger partial charge in [-0.3, -0.25) is 9.69 Å². The van der Waals surface area contributed by atoms with Crippen molar-refractivity contribution in [1.82, 2.24) is 4.90 Å². The number of carbonyl (C=O) groups excluding carboxylic acids is 3. The largest absolute Gasteiger partial charge is 0.352 e. The van der Waals surface area contributed by atoms with Gasteiger partial charge in [-0.05, 0) is 33.6 Å². The topological polar surface area (TPSA) is 91.5 Å². The number of amides is 3. The van der Waals surface area contributed by atoms with Crippen molar-refractivity contribution >= 4 is 35.1 Å². The van der Waals surface area contributed by atoms with Crippen LogP contribution in [0.5, 0.6) is 0 Å². The molecule has 0 aromatic heterocycles. The van der Waals surface area contributed by atoms with Gasteiger partial charge in [-0.15, -0.1) is 0 Å². The number of hydrogen-bond donors (Lipinski definition) is 0. The minimum absolute atomic E-state index is 0.0954. The Morgan fingerprint density at radius 2 is 1.95 bits per heavy atom. The molecule has 7 heteroatoms. The Morgan fingerprint density at radius 3 is 2.60 bits per heavy atom. The summed E-state index contributed by atoms with van der Waals surface area (Å²) in [6, 6.07) is -0.930. The van der Waals surface area contributed by atoms with E-state index in [1.165, 1.54) is 6.92 Å². The predicted molar refractivity (Wildman–Crippen MR) is 74.2 cm³/mol. The summed E-state index contributed by atoms with van der Waals surface area (Å²) in [6.45, 7) is 4.93. The van der Waals surface area contributed by atoms with Gasteiger partial charge in [0.05, 0.1) is 0 Å². The van der Waals surface area contributed by atoms with Gasteiger partial charge in [0.1, 0.15) is 11.6 Å². The highest BCUT2D eigenvalue weighted by atomic mass is 16.2. The molecule has 20 heavy (non-hydrogen) atoms. The summed E-state index contributed by atoms with van der Waals surface area (Å²) in [5, 5.41) is 0. The molecule has 0 fully saturated rings. The number of nitrogens with zero attached hydrogens (tertiary/aromatic N) is 4. The second-order valence-corrected chi connectivity index (χ2v) is 4.96. The molecule has 1 atom stereocenters. The molecule has 2 aliphatic heterocycles. The molecule has 0 radical (unpaired) electrons. The summed E-state index contributed by atoms with van der Waals surface area (Å²) in [6.07, 6.45) is 1.64. The summed E-state index contributed by atoms with van der Waals surface area (Å²) in [5.74, 6) is 0.157. The zero-order chi connectivity index (χ0) is 14.9. The van der Waals surface area contributed by atoms with E-state index in [4.69, 9.17) is 0 Å². The van der Waals surface area contributed by atoms with E-state index < -0.39 is 11.9 Å². The average Bonchev–Trinajstić information content (AvgIpc) is 2.69. The number of rotatable bonds is 5. The van der Waals surface area contributed by atoms with Gasteiger partial charge in [-0.2, -0.15) is 4.99 Å². The molecule has 2 aliphatic rings. The number of Topliss-reactive ketones (excluding diaryl/α,β-unsaturated/α-hetero) is 1. The minimum Gasteiger partial charge on any atom is -0.300 e. The summed E-state index contributed by atoms with van der Waals surface area (Å²) < 4.78 is 0. The van der Waals surface area contributed by atoms with Crippen LogP contribution in [0.1, 0.15) is 40.0 Å². The molecule has 0 aliphatic carbocycles. The summed E-state index contributed by atoms with van der Waals surface area (Å²) in [5.41, 5.74) is 0.125. The normalized spacial score (nSPS) is 19.4. The van der Waals surface area contributed by atoms with Crippen LogP contribution in [-0.4, -0.2) is 46.0 Å². The van der Waals surface area contributed by atoms with Crippen molar-refractivity contribution in [3.05, 3.63) is 0 Å². The smallest absolute Gasteiger partial charge is 0.300 e. The number of amidine groups is 2. The van der Waals surface area contributed by atoms with Crippen LogP contribution in [0, 0.1) is 0 Å². The molecule has 0 saturated carbocycles. The third-order valence-electron chi connectivity index (χ3n) is 3.17. The number of carbonyl (C=O) groups is 3. The first-order valence-electron chi connectivity index (χ1n) is 6.50. The number of imide groups is 1. The number of aliphatic imine (C=N–C) groups is 3. The van der Waals surface area contributed by atoms with Crippen molar-refractivity contribution < 1.29 is 14.4 Å². The van der Waals surface area contributed by atoms with Crippen molar-refractivity contribution in [1.29, 1.82) is 0 Å². The Morgan fingerprint density at radius 1 is 1.25 bits per heavy atom. The first-order chi connectivity index (χ1) is 9.40. The second kappa shape index (κ2) is 5.44. The van der Waals surface area contributed by atoms with Gasteiger partial charge < -0.3 is 4.79 Å². The van der Waals surface area contributed by atoms with E-state index >= 15 is 0 Å².